The van der Waals surface area contributed by atoms with Crippen LogP contribution in [0, 0.1) is 0 Å². The van der Waals surface area contributed by atoms with Gasteiger partial charge in [-0.3, -0.25) is 9.59 Å². The Bertz CT molecular complexity index is 1020. The molecule has 1 fully saturated rings. The minimum Gasteiger partial charge on any atom is -0.490 e. The maximum Gasteiger partial charge on any atom is 0.321 e. The van der Waals surface area contributed by atoms with Crippen LogP contribution in [0.15, 0.2) is 42.5 Å². The molecule has 2 aromatic carbocycles. The lowest BCUT2D eigenvalue weighted by Crippen LogP contribution is -2.35. The van der Waals surface area contributed by atoms with E-state index in [4.69, 9.17) is 9.47 Å². The van der Waals surface area contributed by atoms with Gasteiger partial charge in [-0.25, -0.2) is 4.79 Å². The van der Waals surface area contributed by atoms with Crippen LogP contribution in [-0.4, -0.2) is 55.6 Å². The molecule has 3 rings (SSSR count). The summed E-state index contributed by atoms with van der Waals surface area (Å²) in [5.41, 5.74) is 1.49. The second-order valence-corrected chi connectivity index (χ2v) is 8.17. The predicted octanol–water partition coefficient (Wildman–Crippen LogP) is 4.26. The first-order chi connectivity index (χ1) is 17.0. The normalized spacial score (nSPS) is 13.4. The van der Waals surface area contributed by atoms with Crippen molar-refractivity contribution in [2.45, 2.75) is 39.5 Å². The quantitative estimate of drug-likeness (QED) is 0.495. The average Bonchev–Trinajstić information content (AvgIpc) is 3.14. The van der Waals surface area contributed by atoms with E-state index >= 15 is 0 Å². The maximum absolute atomic E-state index is 12.6. The number of anilines is 2. The van der Waals surface area contributed by atoms with Crippen LogP contribution < -0.4 is 25.4 Å². The summed E-state index contributed by atoms with van der Waals surface area (Å²) in [6.45, 7) is 5.93. The van der Waals surface area contributed by atoms with Crippen molar-refractivity contribution in [3.8, 4) is 11.5 Å². The Morgan fingerprint density at radius 2 is 1.49 bits per heavy atom. The molecule has 0 saturated carbocycles. The first-order valence-corrected chi connectivity index (χ1v) is 12.1. The van der Waals surface area contributed by atoms with Crippen molar-refractivity contribution in [3.05, 3.63) is 48.0 Å². The van der Waals surface area contributed by atoms with Gasteiger partial charge in [-0.05, 0) is 63.1 Å². The van der Waals surface area contributed by atoms with Gasteiger partial charge < -0.3 is 30.3 Å². The van der Waals surface area contributed by atoms with Gasteiger partial charge in [-0.15, -0.1) is 0 Å². The van der Waals surface area contributed by atoms with Crippen LogP contribution in [0.2, 0.25) is 0 Å². The lowest BCUT2D eigenvalue weighted by Gasteiger charge is -2.21. The molecule has 4 amide bonds. The van der Waals surface area contributed by atoms with Crippen LogP contribution in [0.1, 0.15) is 49.9 Å². The summed E-state index contributed by atoms with van der Waals surface area (Å²) in [7, 11) is 0. The highest BCUT2D eigenvalue weighted by atomic mass is 16.5. The summed E-state index contributed by atoms with van der Waals surface area (Å²) in [5.74, 6) is 0.255. The van der Waals surface area contributed by atoms with E-state index in [1.807, 2.05) is 18.7 Å². The third-order valence-corrected chi connectivity index (χ3v) is 5.51. The molecule has 0 bridgehead atoms. The van der Waals surface area contributed by atoms with Crippen molar-refractivity contribution < 1.29 is 23.9 Å². The molecule has 3 N–H and O–H groups in total. The minimum absolute atomic E-state index is 0.135. The van der Waals surface area contributed by atoms with E-state index in [0.717, 1.165) is 38.8 Å². The molecule has 0 spiro atoms. The number of hydrogen-bond donors (Lipinski definition) is 3. The van der Waals surface area contributed by atoms with Crippen LogP contribution >= 0.6 is 0 Å². The fraction of sp³-hybridized carbons (Fsp3) is 0.423. The number of hydrogen-bond acceptors (Lipinski definition) is 5. The smallest absolute Gasteiger partial charge is 0.321 e. The minimum atomic E-state index is -0.400. The Hall–Kier alpha value is -3.75. The molecule has 2 aromatic rings. The number of nitrogens with one attached hydrogen (secondary N) is 3. The Morgan fingerprint density at radius 3 is 2.17 bits per heavy atom. The number of urea groups is 1. The number of carbonyl (C=O) groups is 3. The van der Waals surface area contributed by atoms with Gasteiger partial charge >= 0.3 is 6.03 Å². The van der Waals surface area contributed by atoms with E-state index in [1.165, 1.54) is 0 Å². The third kappa shape index (κ3) is 7.91. The molecule has 1 aliphatic rings. The highest BCUT2D eigenvalue weighted by Gasteiger charge is 2.16. The Balaban J connectivity index is 1.52. The molecular weight excluding hydrogens is 448 g/mol. The molecule has 0 aliphatic carbocycles. The standard InChI is InChI=1S/C26H34N4O5/c1-3-34-22-13-12-19(16-23(22)35-4-2)25(32)27-18-24(31)28-20-10-9-11-21(17-20)29-26(33)30-14-7-5-6-8-15-30/h9-13,16-17H,3-8,14-15,18H2,1-2H3,(H,27,32)(H,28,31)(H,29,33). The average molecular weight is 483 g/mol. The predicted molar refractivity (Wildman–Crippen MR) is 135 cm³/mol. The first-order valence-electron chi connectivity index (χ1n) is 12.1. The van der Waals surface area contributed by atoms with E-state index in [-0.39, 0.29) is 18.5 Å². The topological polar surface area (TPSA) is 109 Å². The maximum atomic E-state index is 12.6. The first kappa shape index (κ1) is 25.9. The number of nitrogens with zero attached hydrogens (tertiary/aromatic N) is 1. The van der Waals surface area contributed by atoms with Gasteiger partial charge in [0.05, 0.1) is 19.8 Å². The number of likely N-dealkylation sites (tertiary alicyclic amines) is 1. The second-order valence-electron chi connectivity index (χ2n) is 8.17. The molecule has 1 aliphatic heterocycles. The molecule has 0 atom stereocenters. The third-order valence-electron chi connectivity index (χ3n) is 5.51. The van der Waals surface area contributed by atoms with Crippen LogP contribution in [0.25, 0.3) is 0 Å². The Kier molecular flexibility index (Phi) is 9.77. The van der Waals surface area contributed by atoms with Crippen molar-refractivity contribution >= 4 is 29.2 Å². The van der Waals surface area contributed by atoms with E-state index in [1.54, 1.807) is 42.5 Å². The number of amides is 4. The molecule has 9 nitrogen and oxygen atoms in total. The number of benzene rings is 2. The summed E-state index contributed by atoms with van der Waals surface area (Å²) in [6, 6.07) is 11.7. The molecule has 188 valence electrons. The highest BCUT2D eigenvalue weighted by Crippen LogP contribution is 2.28. The molecule has 0 radical (unpaired) electrons. The number of carbonyl (C=O) groups excluding carboxylic acids is 3. The SMILES string of the molecule is CCOc1ccc(C(=O)NCC(=O)Nc2cccc(NC(=O)N3CCCCCC3)c2)cc1OCC. The fourth-order valence-electron chi connectivity index (χ4n) is 3.81. The Labute approximate surface area is 206 Å². The van der Waals surface area contributed by atoms with Crippen molar-refractivity contribution in [1.29, 1.82) is 0 Å². The number of rotatable bonds is 9. The van der Waals surface area contributed by atoms with Gasteiger partial charge in [0.1, 0.15) is 0 Å². The van der Waals surface area contributed by atoms with Gasteiger partial charge in [0.25, 0.3) is 5.91 Å². The molecule has 0 unspecified atom stereocenters. The van der Waals surface area contributed by atoms with Crippen LogP contribution in [-0.2, 0) is 4.79 Å². The zero-order valence-electron chi connectivity index (χ0n) is 20.4. The fourth-order valence-corrected chi connectivity index (χ4v) is 3.81. The van der Waals surface area contributed by atoms with E-state index in [9.17, 15) is 14.4 Å². The molecular formula is C26H34N4O5. The zero-order chi connectivity index (χ0) is 25.0. The van der Waals surface area contributed by atoms with Gasteiger partial charge in [-0.2, -0.15) is 0 Å². The summed E-state index contributed by atoms with van der Waals surface area (Å²) in [4.78, 5) is 39.3. The summed E-state index contributed by atoms with van der Waals surface area (Å²) in [5, 5.41) is 8.26. The summed E-state index contributed by atoms with van der Waals surface area (Å²) >= 11 is 0. The molecule has 1 heterocycles. The van der Waals surface area contributed by atoms with Gasteiger partial charge in [0.15, 0.2) is 11.5 Å². The van der Waals surface area contributed by atoms with Crippen molar-refractivity contribution in [3.63, 3.8) is 0 Å². The van der Waals surface area contributed by atoms with E-state index in [0.29, 0.717) is 41.7 Å². The Morgan fingerprint density at radius 1 is 0.829 bits per heavy atom. The van der Waals surface area contributed by atoms with Crippen LogP contribution in [0.4, 0.5) is 16.2 Å². The molecule has 35 heavy (non-hydrogen) atoms. The van der Waals surface area contributed by atoms with Crippen molar-refractivity contribution in [2.24, 2.45) is 0 Å². The van der Waals surface area contributed by atoms with Crippen LogP contribution in [0.5, 0.6) is 11.5 Å². The highest BCUT2D eigenvalue weighted by molar-refractivity contribution is 6.00. The van der Waals surface area contributed by atoms with Gasteiger partial charge in [0, 0.05) is 30.0 Å². The largest absolute Gasteiger partial charge is 0.490 e. The zero-order valence-corrected chi connectivity index (χ0v) is 20.4. The molecule has 9 heteroatoms. The second kappa shape index (κ2) is 13.2. The van der Waals surface area contributed by atoms with Gasteiger partial charge in [0.2, 0.25) is 5.91 Å². The van der Waals surface area contributed by atoms with Crippen LogP contribution in [0.3, 0.4) is 0 Å². The monoisotopic (exact) mass is 482 g/mol. The van der Waals surface area contributed by atoms with E-state index < -0.39 is 5.91 Å². The summed E-state index contributed by atoms with van der Waals surface area (Å²) in [6.07, 6.45) is 4.32. The summed E-state index contributed by atoms with van der Waals surface area (Å²) < 4.78 is 11.1. The number of ether oxygens (including phenoxy) is 2. The van der Waals surface area contributed by atoms with E-state index in [2.05, 4.69) is 16.0 Å². The molecule has 0 aromatic heterocycles. The van der Waals surface area contributed by atoms with Gasteiger partial charge in [-0.1, -0.05) is 18.9 Å². The van der Waals surface area contributed by atoms with Crippen molar-refractivity contribution in [2.75, 3.05) is 43.5 Å². The lowest BCUT2D eigenvalue weighted by molar-refractivity contribution is -0.115. The lowest BCUT2D eigenvalue weighted by atomic mass is 10.2. The molecule has 1 saturated heterocycles. The van der Waals surface area contributed by atoms with Crippen molar-refractivity contribution in [1.82, 2.24) is 10.2 Å².